The van der Waals surface area contributed by atoms with Gasteiger partial charge in [0.2, 0.25) is 5.82 Å². The van der Waals surface area contributed by atoms with Crippen molar-refractivity contribution in [3.05, 3.63) is 60.2 Å². The topological polar surface area (TPSA) is 63.8 Å². The average molecular weight is 266 g/mol. The van der Waals surface area contributed by atoms with Crippen molar-refractivity contribution in [1.29, 1.82) is 0 Å². The minimum atomic E-state index is -0.586. The third-order valence-electron chi connectivity index (χ3n) is 3.05. The van der Waals surface area contributed by atoms with Crippen LogP contribution in [0.3, 0.4) is 0 Å². The van der Waals surface area contributed by atoms with Crippen LogP contribution in [0.25, 0.3) is 17.1 Å². The summed E-state index contributed by atoms with van der Waals surface area (Å²) in [5.41, 5.74) is 2.41. The van der Waals surface area contributed by atoms with Gasteiger partial charge in [-0.2, -0.15) is 0 Å². The van der Waals surface area contributed by atoms with Gasteiger partial charge in [-0.1, -0.05) is 48.5 Å². The molecule has 0 bridgehead atoms. The Morgan fingerprint density at radius 1 is 1.00 bits per heavy atom. The molecule has 1 atom stereocenters. The van der Waals surface area contributed by atoms with Crippen molar-refractivity contribution in [2.45, 2.75) is 13.0 Å². The Morgan fingerprint density at radius 3 is 2.45 bits per heavy atom. The summed E-state index contributed by atoms with van der Waals surface area (Å²) in [6.07, 6.45) is -0.586. The van der Waals surface area contributed by atoms with Crippen LogP contribution in [0, 0.1) is 0 Å². The molecule has 1 unspecified atom stereocenters. The molecule has 3 aromatic rings. The Morgan fingerprint density at radius 2 is 1.70 bits per heavy atom. The second-order valence-electron chi connectivity index (χ2n) is 4.50. The Labute approximate surface area is 116 Å². The Balaban J connectivity index is 2.03. The lowest BCUT2D eigenvalue weighted by molar-refractivity contribution is 0.198. The lowest BCUT2D eigenvalue weighted by Gasteiger charge is -2.09. The first-order chi connectivity index (χ1) is 9.75. The van der Waals surface area contributed by atoms with E-state index in [0.717, 1.165) is 16.8 Å². The maximum Gasteiger partial charge on any atom is 0.205 e. The number of para-hydroxylation sites is 1. The van der Waals surface area contributed by atoms with Gasteiger partial charge in [0.05, 0.1) is 11.8 Å². The minimum absolute atomic E-state index is 0.561. The molecule has 20 heavy (non-hydrogen) atoms. The first kappa shape index (κ1) is 12.5. The highest BCUT2D eigenvalue weighted by Gasteiger charge is 2.12. The summed E-state index contributed by atoms with van der Waals surface area (Å²) >= 11 is 0. The molecule has 0 saturated heterocycles. The molecule has 100 valence electrons. The summed E-state index contributed by atoms with van der Waals surface area (Å²) in [6, 6.07) is 17.1. The predicted octanol–water partition coefficient (Wildman–Crippen LogP) is 2.38. The normalized spacial score (nSPS) is 12.3. The van der Waals surface area contributed by atoms with Crippen LogP contribution in [0.2, 0.25) is 0 Å². The molecule has 1 heterocycles. The van der Waals surface area contributed by atoms with Crippen LogP contribution in [0.1, 0.15) is 18.6 Å². The first-order valence-electron chi connectivity index (χ1n) is 6.38. The van der Waals surface area contributed by atoms with Crippen molar-refractivity contribution in [3.8, 4) is 17.1 Å². The number of aliphatic hydroxyl groups is 1. The van der Waals surface area contributed by atoms with Crippen molar-refractivity contribution in [3.63, 3.8) is 0 Å². The SMILES string of the molecule is CC(O)c1ccccc1-n1nnc(-c2ccccc2)n1. The number of nitrogens with zero attached hydrogens (tertiary/aromatic N) is 4. The molecule has 0 saturated carbocycles. The van der Waals surface area contributed by atoms with Crippen molar-refractivity contribution in [2.75, 3.05) is 0 Å². The lowest BCUT2D eigenvalue weighted by atomic mass is 10.1. The van der Waals surface area contributed by atoms with E-state index >= 15 is 0 Å². The molecule has 0 radical (unpaired) electrons. The number of hydrogen-bond donors (Lipinski definition) is 1. The van der Waals surface area contributed by atoms with E-state index in [1.54, 1.807) is 6.92 Å². The summed E-state index contributed by atoms with van der Waals surface area (Å²) in [6.45, 7) is 1.72. The number of hydrogen-bond acceptors (Lipinski definition) is 4. The maximum absolute atomic E-state index is 9.80. The third kappa shape index (κ3) is 2.31. The van der Waals surface area contributed by atoms with Crippen molar-refractivity contribution >= 4 is 0 Å². The average Bonchev–Trinajstić information content (AvgIpc) is 2.98. The minimum Gasteiger partial charge on any atom is -0.389 e. The number of rotatable bonds is 3. The Kier molecular flexibility index (Phi) is 3.26. The van der Waals surface area contributed by atoms with Crippen LogP contribution in [0.5, 0.6) is 0 Å². The van der Waals surface area contributed by atoms with E-state index in [4.69, 9.17) is 0 Å². The lowest BCUT2D eigenvalue weighted by Crippen LogP contribution is -2.05. The molecule has 3 rings (SSSR count). The number of aromatic nitrogens is 4. The van der Waals surface area contributed by atoms with E-state index in [2.05, 4.69) is 15.4 Å². The van der Waals surface area contributed by atoms with Crippen LogP contribution in [0.4, 0.5) is 0 Å². The molecule has 1 aromatic heterocycles. The third-order valence-corrected chi connectivity index (χ3v) is 3.05. The molecule has 0 aliphatic carbocycles. The second-order valence-corrected chi connectivity index (χ2v) is 4.50. The maximum atomic E-state index is 9.80. The molecule has 5 nitrogen and oxygen atoms in total. The zero-order valence-corrected chi connectivity index (χ0v) is 11.0. The van der Waals surface area contributed by atoms with Gasteiger partial charge >= 0.3 is 0 Å². The summed E-state index contributed by atoms with van der Waals surface area (Å²) in [5, 5.41) is 22.3. The van der Waals surface area contributed by atoms with Gasteiger partial charge in [0.25, 0.3) is 0 Å². The monoisotopic (exact) mass is 266 g/mol. The molecule has 2 aromatic carbocycles. The van der Waals surface area contributed by atoms with Crippen LogP contribution < -0.4 is 0 Å². The molecule has 0 aliphatic rings. The summed E-state index contributed by atoms with van der Waals surface area (Å²) in [7, 11) is 0. The predicted molar refractivity (Wildman–Crippen MR) is 75.2 cm³/mol. The highest BCUT2D eigenvalue weighted by molar-refractivity contribution is 5.53. The Hall–Kier alpha value is -2.53. The summed E-state index contributed by atoms with van der Waals surface area (Å²) in [4.78, 5) is 1.45. The number of benzene rings is 2. The molecule has 0 fully saturated rings. The summed E-state index contributed by atoms with van der Waals surface area (Å²) in [5.74, 6) is 0.561. The molecule has 0 spiro atoms. The fourth-order valence-electron chi connectivity index (χ4n) is 2.04. The van der Waals surface area contributed by atoms with Gasteiger partial charge in [-0.05, 0) is 18.2 Å². The highest BCUT2D eigenvalue weighted by atomic mass is 16.3. The molecular weight excluding hydrogens is 252 g/mol. The van der Waals surface area contributed by atoms with Crippen molar-refractivity contribution < 1.29 is 5.11 Å². The van der Waals surface area contributed by atoms with Gasteiger partial charge < -0.3 is 5.11 Å². The van der Waals surface area contributed by atoms with Crippen LogP contribution >= 0.6 is 0 Å². The van der Waals surface area contributed by atoms with E-state index in [0.29, 0.717) is 5.82 Å². The second kappa shape index (κ2) is 5.22. The zero-order chi connectivity index (χ0) is 13.9. The van der Waals surface area contributed by atoms with E-state index < -0.39 is 6.10 Å². The van der Waals surface area contributed by atoms with Crippen molar-refractivity contribution in [1.82, 2.24) is 20.2 Å². The van der Waals surface area contributed by atoms with Gasteiger partial charge in [0, 0.05) is 11.1 Å². The van der Waals surface area contributed by atoms with Gasteiger partial charge in [0.15, 0.2) is 0 Å². The van der Waals surface area contributed by atoms with Gasteiger partial charge in [-0.3, -0.25) is 0 Å². The van der Waals surface area contributed by atoms with Crippen LogP contribution in [0.15, 0.2) is 54.6 Å². The fraction of sp³-hybridized carbons (Fsp3) is 0.133. The standard InChI is InChI=1S/C15H14N4O/c1-11(20)13-9-5-6-10-14(13)19-17-15(16-18-19)12-7-3-2-4-8-12/h2-11,20H,1H3. The van der Waals surface area contributed by atoms with E-state index in [1.807, 2.05) is 54.6 Å². The van der Waals surface area contributed by atoms with Crippen molar-refractivity contribution in [2.24, 2.45) is 0 Å². The first-order valence-corrected chi connectivity index (χ1v) is 6.38. The van der Waals surface area contributed by atoms with Gasteiger partial charge in [-0.25, -0.2) is 0 Å². The molecule has 5 heteroatoms. The fourth-order valence-corrected chi connectivity index (χ4v) is 2.04. The van der Waals surface area contributed by atoms with E-state index in [-0.39, 0.29) is 0 Å². The molecular formula is C15H14N4O. The number of aliphatic hydroxyl groups excluding tert-OH is 1. The molecule has 1 N–H and O–H groups in total. The quantitative estimate of drug-likeness (QED) is 0.790. The summed E-state index contributed by atoms with van der Waals surface area (Å²) < 4.78 is 0. The van der Waals surface area contributed by atoms with Gasteiger partial charge in [-0.15, -0.1) is 15.0 Å². The zero-order valence-electron chi connectivity index (χ0n) is 11.0. The van der Waals surface area contributed by atoms with E-state index in [9.17, 15) is 5.11 Å². The largest absolute Gasteiger partial charge is 0.389 e. The van der Waals surface area contributed by atoms with Gasteiger partial charge in [0.1, 0.15) is 0 Å². The smallest absolute Gasteiger partial charge is 0.205 e. The van der Waals surface area contributed by atoms with E-state index in [1.165, 1.54) is 4.80 Å². The Bertz CT molecular complexity index is 707. The van der Waals surface area contributed by atoms with Crippen LogP contribution in [-0.2, 0) is 0 Å². The molecule has 0 aliphatic heterocycles. The molecule has 0 amide bonds. The van der Waals surface area contributed by atoms with Crippen LogP contribution in [-0.4, -0.2) is 25.3 Å². The highest BCUT2D eigenvalue weighted by Crippen LogP contribution is 2.21. The number of tetrazole rings is 1.